The van der Waals surface area contributed by atoms with Gasteiger partial charge in [-0.3, -0.25) is 4.79 Å². The van der Waals surface area contributed by atoms with E-state index >= 15 is 0 Å². The van der Waals surface area contributed by atoms with Crippen molar-refractivity contribution in [3.05, 3.63) is 35.4 Å². The van der Waals surface area contributed by atoms with Crippen LogP contribution in [0, 0.1) is 5.92 Å². The van der Waals surface area contributed by atoms with Gasteiger partial charge in [-0.05, 0) is 49.3 Å². The fraction of sp³-hybridized carbons (Fsp3) is 0.556. The number of rotatable bonds is 6. The van der Waals surface area contributed by atoms with E-state index in [1.165, 1.54) is 12.8 Å². The molecule has 1 unspecified atom stereocenters. The molecule has 1 amide bonds. The first kappa shape index (κ1) is 16.0. The molecule has 0 bridgehead atoms. The summed E-state index contributed by atoms with van der Waals surface area (Å²) in [5.74, 6) is -0.182. The summed E-state index contributed by atoms with van der Waals surface area (Å²) in [6.45, 7) is 2.25. The Morgan fingerprint density at radius 3 is 2.83 bits per heavy atom. The van der Waals surface area contributed by atoms with Crippen LogP contribution in [0.4, 0.5) is 0 Å². The fourth-order valence-electron chi connectivity index (χ4n) is 2.96. The van der Waals surface area contributed by atoms with Gasteiger partial charge in [-0.25, -0.2) is 4.79 Å². The standard InChI is InChI=1S/C18H23NO4/c20-17(10-14-3-1-4-15(9-14)18(21)22)19-8-2-5-16(11-19)23-12-13-6-7-13/h1,3-4,9,13,16H,2,5-8,10-12H2,(H,21,22). The van der Waals surface area contributed by atoms with Crippen LogP contribution < -0.4 is 0 Å². The lowest BCUT2D eigenvalue weighted by Gasteiger charge is -2.33. The number of nitrogens with zero attached hydrogens (tertiary/aromatic N) is 1. The highest BCUT2D eigenvalue weighted by Crippen LogP contribution is 2.30. The number of ether oxygens (including phenoxy) is 1. The van der Waals surface area contributed by atoms with Crippen LogP contribution in [0.5, 0.6) is 0 Å². The smallest absolute Gasteiger partial charge is 0.335 e. The number of carbonyl (C=O) groups is 2. The van der Waals surface area contributed by atoms with Crippen LogP contribution in [-0.2, 0) is 16.0 Å². The van der Waals surface area contributed by atoms with Crippen molar-refractivity contribution in [2.45, 2.75) is 38.2 Å². The topological polar surface area (TPSA) is 66.8 Å². The molecule has 1 aliphatic heterocycles. The quantitative estimate of drug-likeness (QED) is 0.874. The summed E-state index contributed by atoms with van der Waals surface area (Å²) < 4.78 is 5.92. The molecular weight excluding hydrogens is 294 g/mol. The fourth-order valence-corrected chi connectivity index (χ4v) is 2.96. The van der Waals surface area contributed by atoms with E-state index in [4.69, 9.17) is 9.84 Å². The summed E-state index contributed by atoms with van der Waals surface area (Å²) in [4.78, 5) is 25.3. The van der Waals surface area contributed by atoms with E-state index in [0.717, 1.165) is 37.5 Å². The predicted octanol–water partition coefficient (Wildman–Crippen LogP) is 2.34. The Morgan fingerprint density at radius 2 is 2.09 bits per heavy atom. The average molecular weight is 317 g/mol. The maximum atomic E-state index is 12.5. The summed E-state index contributed by atoms with van der Waals surface area (Å²) in [6, 6.07) is 6.60. The second-order valence-corrected chi connectivity index (χ2v) is 6.56. The Kier molecular flexibility index (Phi) is 4.96. The van der Waals surface area contributed by atoms with Crippen LogP contribution in [0.2, 0.25) is 0 Å². The lowest BCUT2D eigenvalue weighted by atomic mass is 10.0. The van der Waals surface area contributed by atoms with Gasteiger partial charge in [0.25, 0.3) is 0 Å². The van der Waals surface area contributed by atoms with Gasteiger partial charge < -0.3 is 14.7 Å². The molecule has 1 aromatic rings. The first-order chi connectivity index (χ1) is 11.1. The minimum Gasteiger partial charge on any atom is -0.478 e. The van der Waals surface area contributed by atoms with Crippen molar-refractivity contribution in [2.24, 2.45) is 5.92 Å². The van der Waals surface area contributed by atoms with E-state index in [9.17, 15) is 9.59 Å². The number of benzene rings is 1. The number of hydrogen-bond donors (Lipinski definition) is 1. The molecule has 1 atom stereocenters. The molecule has 0 radical (unpaired) electrons. The molecule has 1 aromatic carbocycles. The van der Waals surface area contributed by atoms with Crippen LogP contribution in [0.15, 0.2) is 24.3 Å². The lowest BCUT2D eigenvalue weighted by Crippen LogP contribution is -2.44. The van der Waals surface area contributed by atoms with Gasteiger partial charge in [0.2, 0.25) is 5.91 Å². The van der Waals surface area contributed by atoms with E-state index in [0.29, 0.717) is 6.54 Å². The monoisotopic (exact) mass is 317 g/mol. The van der Waals surface area contributed by atoms with Gasteiger partial charge in [0.05, 0.1) is 18.1 Å². The van der Waals surface area contributed by atoms with Crippen LogP contribution in [0.25, 0.3) is 0 Å². The van der Waals surface area contributed by atoms with Gasteiger partial charge in [-0.15, -0.1) is 0 Å². The number of hydrogen-bond acceptors (Lipinski definition) is 3. The molecule has 1 N–H and O–H groups in total. The maximum Gasteiger partial charge on any atom is 0.335 e. The first-order valence-electron chi connectivity index (χ1n) is 8.33. The van der Waals surface area contributed by atoms with Gasteiger partial charge in [0, 0.05) is 19.7 Å². The number of carboxylic acids is 1. The Balaban J connectivity index is 1.54. The Hall–Kier alpha value is -1.88. The van der Waals surface area contributed by atoms with Crippen molar-refractivity contribution < 1.29 is 19.4 Å². The second-order valence-electron chi connectivity index (χ2n) is 6.56. The zero-order valence-electron chi connectivity index (χ0n) is 13.2. The van der Waals surface area contributed by atoms with Gasteiger partial charge in [-0.1, -0.05) is 12.1 Å². The molecule has 2 aliphatic rings. The number of carboxylic acid groups (broad SMARTS) is 1. The number of piperidine rings is 1. The highest BCUT2D eigenvalue weighted by Gasteiger charge is 2.27. The zero-order valence-corrected chi connectivity index (χ0v) is 13.2. The molecule has 1 heterocycles. The molecule has 23 heavy (non-hydrogen) atoms. The molecular formula is C18H23NO4. The van der Waals surface area contributed by atoms with Crippen molar-refractivity contribution in [1.29, 1.82) is 0 Å². The highest BCUT2D eigenvalue weighted by molar-refractivity contribution is 5.88. The third-order valence-electron chi connectivity index (χ3n) is 4.52. The predicted molar refractivity (Wildman–Crippen MR) is 85.4 cm³/mol. The van der Waals surface area contributed by atoms with Gasteiger partial charge >= 0.3 is 5.97 Å². The van der Waals surface area contributed by atoms with Crippen molar-refractivity contribution >= 4 is 11.9 Å². The summed E-state index contributed by atoms with van der Waals surface area (Å²) in [7, 11) is 0. The number of likely N-dealkylation sites (tertiary alicyclic amines) is 1. The Morgan fingerprint density at radius 1 is 1.26 bits per heavy atom. The molecule has 0 aromatic heterocycles. The molecule has 5 heteroatoms. The molecule has 1 saturated heterocycles. The molecule has 0 spiro atoms. The van der Waals surface area contributed by atoms with E-state index in [-0.39, 0.29) is 24.0 Å². The van der Waals surface area contributed by atoms with Crippen LogP contribution in [0.3, 0.4) is 0 Å². The van der Waals surface area contributed by atoms with Crippen molar-refractivity contribution in [1.82, 2.24) is 4.90 Å². The molecule has 5 nitrogen and oxygen atoms in total. The first-order valence-corrected chi connectivity index (χ1v) is 8.33. The lowest BCUT2D eigenvalue weighted by molar-refractivity contribution is -0.134. The van der Waals surface area contributed by atoms with Crippen LogP contribution in [-0.4, -0.2) is 47.7 Å². The Labute approximate surface area is 136 Å². The third kappa shape index (κ3) is 4.55. The molecule has 1 aliphatic carbocycles. The van der Waals surface area contributed by atoms with E-state index in [1.54, 1.807) is 24.3 Å². The number of carbonyl (C=O) groups excluding carboxylic acids is 1. The van der Waals surface area contributed by atoms with Gasteiger partial charge in [0.15, 0.2) is 0 Å². The minimum atomic E-state index is -0.967. The van der Waals surface area contributed by atoms with Crippen molar-refractivity contribution in [3.8, 4) is 0 Å². The summed E-state index contributed by atoms with van der Waals surface area (Å²) in [6.07, 6.45) is 4.93. The highest BCUT2D eigenvalue weighted by atomic mass is 16.5. The summed E-state index contributed by atoms with van der Waals surface area (Å²) >= 11 is 0. The SMILES string of the molecule is O=C(O)c1cccc(CC(=O)N2CCCC(OCC3CC3)C2)c1. The average Bonchev–Trinajstić information content (AvgIpc) is 3.38. The van der Waals surface area contributed by atoms with E-state index in [1.807, 2.05) is 4.90 Å². The van der Waals surface area contributed by atoms with Crippen LogP contribution >= 0.6 is 0 Å². The number of amides is 1. The maximum absolute atomic E-state index is 12.5. The molecule has 3 rings (SSSR count). The van der Waals surface area contributed by atoms with Crippen molar-refractivity contribution in [2.75, 3.05) is 19.7 Å². The van der Waals surface area contributed by atoms with E-state index < -0.39 is 5.97 Å². The normalized spacial score (nSPS) is 21.2. The summed E-state index contributed by atoms with van der Waals surface area (Å²) in [5.41, 5.74) is 0.968. The van der Waals surface area contributed by atoms with Gasteiger partial charge in [0.1, 0.15) is 0 Å². The van der Waals surface area contributed by atoms with Crippen molar-refractivity contribution in [3.63, 3.8) is 0 Å². The molecule has 1 saturated carbocycles. The largest absolute Gasteiger partial charge is 0.478 e. The Bertz CT molecular complexity index is 582. The van der Waals surface area contributed by atoms with Gasteiger partial charge in [-0.2, -0.15) is 0 Å². The zero-order chi connectivity index (χ0) is 16.2. The molecule has 124 valence electrons. The summed E-state index contributed by atoms with van der Waals surface area (Å²) in [5, 5.41) is 9.02. The minimum absolute atomic E-state index is 0.0484. The third-order valence-corrected chi connectivity index (χ3v) is 4.52. The second kappa shape index (κ2) is 7.13. The van der Waals surface area contributed by atoms with E-state index in [2.05, 4.69) is 0 Å². The number of aromatic carboxylic acids is 1. The molecule has 2 fully saturated rings. The van der Waals surface area contributed by atoms with Crippen LogP contribution in [0.1, 0.15) is 41.6 Å².